The van der Waals surface area contributed by atoms with Gasteiger partial charge in [0.2, 0.25) is 5.91 Å². The second kappa shape index (κ2) is 8.72. The van der Waals surface area contributed by atoms with E-state index in [0.717, 1.165) is 16.7 Å². The van der Waals surface area contributed by atoms with E-state index in [1.807, 2.05) is 26.0 Å². The molecule has 0 atom stereocenters. The van der Waals surface area contributed by atoms with E-state index >= 15 is 0 Å². The Morgan fingerprint density at radius 3 is 2.34 bits per heavy atom. The molecule has 5 nitrogen and oxygen atoms in total. The number of halogens is 2. The maximum Gasteiger partial charge on any atom is 0.291 e. The first kappa shape index (κ1) is 21.0. The minimum atomic E-state index is -0.366. The zero-order valence-electron chi connectivity index (χ0n) is 16.2. The van der Waals surface area contributed by atoms with Gasteiger partial charge in [0.25, 0.3) is 5.91 Å². The molecule has 7 heteroatoms. The SMILES string of the molecule is CC(=O)NCc1cc(C)c(NC(=O)c2ccc(-c3cc(Cl)ccc3Cl)o2)c(C)c1. The van der Waals surface area contributed by atoms with Crippen molar-refractivity contribution < 1.29 is 14.0 Å². The number of hydrogen-bond acceptors (Lipinski definition) is 3. The highest BCUT2D eigenvalue weighted by Crippen LogP contribution is 2.32. The van der Waals surface area contributed by atoms with Crippen molar-refractivity contribution in [3.05, 3.63) is 75.0 Å². The molecule has 3 rings (SSSR count). The van der Waals surface area contributed by atoms with Crippen LogP contribution in [0.4, 0.5) is 5.69 Å². The van der Waals surface area contributed by atoms with Crippen LogP contribution >= 0.6 is 23.2 Å². The molecule has 0 saturated carbocycles. The van der Waals surface area contributed by atoms with Crippen LogP contribution in [-0.2, 0) is 11.3 Å². The Labute approximate surface area is 179 Å². The first-order valence-corrected chi connectivity index (χ1v) is 9.71. The molecule has 3 aromatic rings. The minimum Gasteiger partial charge on any atom is -0.451 e. The van der Waals surface area contributed by atoms with Crippen LogP contribution in [0.3, 0.4) is 0 Å². The quantitative estimate of drug-likeness (QED) is 0.540. The summed E-state index contributed by atoms with van der Waals surface area (Å²) in [6.45, 7) is 5.72. The number of benzene rings is 2. The van der Waals surface area contributed by atoms with Gasteiger partial charge in [-0.05, 0) is 60.9 Å². The summed E-state index contributed by atoms with van der Waals surface area (Å²) in [5.41, 5.74) is 4.07. The van der Waals surface area contributed by atoms with E-state index in [2.05, 4.69) is 10.6 Å². The molecule has 0 fully saturated rings. The second-order valence-electron chi connectivity index (χ2n) is 6.76. The van der Waals surface area contributed by atoms with E-state index in [0.29, 0.717) is 33.6 Å². The number of rotatable bonds is 5. The monoisotopic (exact) mass is 430 g/mol. The van der Waals surface area contributed by atoms with Gasteiger partial charge in [0.1, 0.15) is 5.76 Å². The smallest absolute Gasteiger partial charge is 0.291 e. The van der Waals surface area contributed by atoms with Gasteiger partial charge in [-0.25, -0.2) is 0 Å². The number of furan rings is 1. The molecule has 0 unspecified atom stereocenters. The second-order valence-corrected chi connectivity index (χ2v) is 7.60. The molecule has 0 bridgehead atoms. The standard InChI is InChI=1S/C22H20Cl2N2O3/c1-12-8-15(11-25-14(3)27)9-13(2)21(12)26-22(28)20-7-6-19(29-20)17-10-16(23)4-5-18(17)24/h4-10H,11H2,1-3H3,(H,25,27)(H,26,28). The molecule has 1 aromatic heterocycles. The molecule has 2 aromatic carbocycles. The third kappa shape index (κ3) is 5.00. The van der Waals surface area contributed by atoms with Crippen LogP contribution in [0.15, 0.2) is 46.9 Å². The van der Waals surface area contributed by atoms with Crippen molar-refractivity contribution in [3.63, 3.8) is 0 Å². The summed E-state index contributed by atoms with van der Waals surface area (Å²) in [6, 6.07) is 12.2. The van der Waals surface area contributed by atoms with Crippen LogP contribution in [0.1, 0.15) is 34.2 Å². The van der Waals surface area contributed by atoms with Crippen molar-refractivity contribution >= 4 is 40.7 Å². The lowest BCUT2D eigenvalue weighted by Crippen LogP contribution is -2.19. The van der Waals surface area contributed by atoms with E-state index in [9.17, 15) is 9.59 Å². The Balaban J connectivity index is 1.80. The molecule has 0 saturated heterocycles. The summed E-state index contributed by atoms with van der Waals surface area (Å²) in [4.78, 5) is 23.8. The summed E-state index contributed by atoms with van der Waals surface area (Å²) in [5, 5.41) is 6.68. The summed E-state index contributed by atoms with van der Waals surface area (Å²) in [6.07, 6.45) is 0. The Kier molecular flexibility index (Phi) is 6.30. The number of amides is 2. The fourth-order valence-electron chi connectivity index (χ4n) is 3.05. The number of carbonyl (C=O) groups excluding carboxylic acids is 2. The lowest BCUT2D eigenvalue weighted by Gasteiger charge is -2.13. The fourth-order valence-corrected chi connectivity index (χ4v) is 3.43. The lowest BCUT2D eigenvalue weighted by atomic mass is 10.0. The molecule has 2 amide bonds. The van der Waals surface area contributed by atoms with Gasteiger partial charge < -0.3 is 15.1 Å². The molecule has 0 radical (unpaired) electrons. The van der Waals surface area contributed by atoms with E-state index in [1.165, 1.54) is 6.92 Å². The highest BCUT2D eigenvalue weighted by molar-refractivity contribution is 6.35. The molecule has 0 aliphatic rings. The van der Waals surface area contributed by atoms with Gasteiger partial charge in [0.15, 0.2) is 5.76 Å². The number of nitrogens with one attached hydrogen (secondary N) is 2. The molecule has 150 valence electrons. The molecular weight excluding hydrogens is 411 g/mol. The minimum absolute atomic E-state index is 0.0916. The van der Waals surface area contributed by atoms with Gasteiger partial charge in [-0.2, -0.15) is 0 Å². The van der Waals surface area contributed by atoms with Gasteiger partial charge in [-0.15, -0.1) is 0 Å². The Bertz CT molecular complexity index is 1070. The molecular formula is C22H20Cl2N2O3. The maximum atomic E-state index is 12.7. The van der Waals surface area contributed by atoms with Crippen LogP contribution in [0.25, 0.3) is 11.3 Å². The number of anilines is 1. The third-order valence-corrected chi connectivity index (χ3v) is 4.96. The topological polar surface area (TPSA) is 71.3 Å². The average Bonchev–Trinajstić information content (AvgIpc) is 3.15. The lowest BCUT2D eigenvalue weighted by molar-refractivity contribution is -0.119. The maximum absolute atomic E-state index is 12.7. The first-order valence-electron chi connectivity index (χ1n) is 8.95. The summed E-state index contributed by atoms with van der Waals surface area (Å²) < 4.78 is 5.71. The molecule has 0 aliphatic heterocycles. The van der Waals surface area contributed by atoms with Crippen LogP contribution in [0.5, 0.6) is 0 Å². The van der Waals surface area contributed by atoms with Crippen molar-refractivity contribution in [1.29, 1.82) is 0 Å². The van der Waals surface area contributed by atoms with Gasteiger partial charge in [0, 0.05) is 29.7 Å². The van der Waals surface area contributed by atoms with E-state index in [-0.39, 0.29) is 17.6 Å². The normalized spacial score (nSPS) is 10.7. The molecule has 2 N–H and O–H groups in total. The molecule has 1 heterocycles. The summed E-state index contributed by atoms with van der Waals surface area (Å²) in [7, 11) is 0. The van der Waals surface area contributed by atoms with E-state index < -0.39 is 0 Å². The van der Waals surface area contributed by atoms with Gasteiger partial charge in [0.05, 0.1) is 5.02 Å². The zero-order valence-corrected chi connectivity index (χ0v) is 17.7. The van der Waals surface area contributed by atoms with Crippen LogP contribution in [0, 0.1) is 13.8 Å². The predicted octanol–water partition coefficient (Wildman–Crippen LogP) is 5.76. The number of aryl methyl sites for hydroxylation is 2. The van der Waals surface area contributed by atoms with E-state index in [4.69, 9.17) is 27.6 Å². The van der Waals surface area contributed by atoms with Crippen molar-refractivity contribution in [1.82, 2.24) is 5.32 Å². The summed E-state index contributed by atoms with van der Waals surface area (Å²) >= 11 is 12.2. The van der Waals surface area contributed by atoms with Gasteiger partial charge in [-0.3, -0.25) is 9.59 Å². The number of carbonyl (C=O) groups is 2. The molecule has 29 heavy (non-hydrogen) atoms. The first-order chi connectivity index (χ1) is 13.7. The highest BCUT2D eigenvalue weighted by Gasteiger charge is 2.16. The number of hydrogen-bond donors (Lipinski definition) is 2. The van der Waals surface area contributed by atoms with Crippen LogP contribution in [0.2, 0.25) is 10.0 Å². The Morgan fingerprint density at radius 2 is 1.69 bits per heavy atom. The van der Waals surface area contributed by atoms with E-state index in [1.54, 1.807) is 30.3 Å². The third-order valence-electron chi connectivity index (χ3n) is 4.40. The van der Waals surface area contributed by atoms with Crippen molar-refractivity contribution in [2.45, 2.75) is 27.3 Å². The van der Waals surface area contributed by atoms with Crippen molar-refractivity contribution in [3.8, 4) is 11.3 Å². The molecule has 0 aliphatic carbocycles. The van der Waals surface area contributed by atoms with Crippen molar-refractivity contribution in [2.24, 2.45) is 0 Å². The zero-order chi connectivity index (χ0) is 21.1. The summed E-state index contributed by atoms with van der Waals surface area (Å²) in [5.74, 6) is 0.167. The Morgan fingerprint density at radius 1 is 1.00 bits per heavy atom. The van der Waals surface area contributed by atoms with Gasteiger partial charge in [-0.1, -0.05) is 35.3 Å². The van der Waals surface area contributed by atoms with Crippen LogP contribution in [-0.4, -0.2) is 11.8 Å². The molecule has 0 spiro atoms. The average molecular weight is 431 g/mol. The Hall–Kier alpha value is -2.76. The highest BCUT2D eigenvalue weighted by atomic mass is 35.5. The van der Waals surface area contributed by atoms with Crippen LogP contribution < -0.4 is 10.6 Å². The largest absolute Gasteiger partial charge is 0.451 e. The fraction of sp³-hybridized carbons (Fsp3) is 0.182. The van der Waals surface area contributed by atoms with Gasteiger partial charge >= 0.3 is 0 Å². The van der Waals surface area contributed by atoms with Crippen molar-refractivity contribution in [2.75, 3.05) is 5.32 Å². The predicted molar refractivity (Wildman–Crippen MR) is 116 cm³/mol.